The lowest BCUT2D eigenvalue weighted by Gasteiger charge is -2.05. The number of alkyl halides is 3. The minimum atomic E-state index is -4.70. The molecule has 0 bridgehead atoms. The van der Waals surface area contributed by atoms with Crippen LogP contribution in [0.5, 0.6) is 0 Å². The Morgan fingerprint density at radius 2 is 2.04 bits per heavy atom. The molecule has 2 heterocycles. The largest absolute Gasteiger partial charge is 0.453 e. The summed E-state index contributed by atoms with van der Waals surface area (Å²) in [6.07, 6.45) is -4.70. The molecule has 0 aliphatic carbocycles. The van der Waals surface area contributed by atoms with E-state index in [1.54, 1.807) is 19.1 Å². The van der Waals surface area contributed by atoms with Crippen molar-refractivity contribution in [2.24, 2.45) is 0 Å². The molecule has 0 saturated carbocycles. The number of hydrogen-bond donors (Lipinski definition) is 1. The van der Waals surface area contributed by atoms with Crippen molar-refractivity contribution >= 4 is 11.8 Å². The Morgan fingerprint density at radius 3 is 2.68 bits per heavy atom. The average Bonchev–Trinajstić information content (AvgIpc) is 3.14. The van der Waals surface area contributed by atoms with Crippen molar-refractivity contribution in [2.45, 2.75) is 24.0 Å². The van der Waals surface area contributed by atoms with Crippen LogP contribution in [0.15, 0.2) is 27.9 Å². The maximum atomic E-state index is 13.6. The van der Waals surface area contributed by atoms with Crippen LogP contribution in [0.2, 0.25) is 0 Å². The fourth-order valence-electron chi connectivity index (χ4n) is 1.86. The van der Waals surface area contributed by atoms with Crippen molar-refractivity contribution in [3.63, 3.8) is 0 Å². The van der Waals surface area contributed by atoms with Gasteiger partial charge in [-0.3, -0.25) is 0 Å². The first-order chi connectivity index (χ1) is 11.8. The number of aryl methyl sites for hydroxylation is 1. The summed E-state index contributed by atoms with van der Waals surface area (Å²) in [5.74, 6) is 3.92. The van der Waals surface area contributed by atoms with Gasteiger partial charge < -0.3 is 10.4 Å². The Hall–Kier alpha value is -2.63. The van der Waals surface area contributed by atoms with E-state index in [9.17, 15) is 17.6 Å². The number of halogens is 4. The van der Waals surface area contributed by atoms with Gasteiger partial charge in [-0.05, 0) is 18.6 Å². The van der Waals surface area contributed by atoms with Crippen molar-refractivity contribution in [3.05, 3.63) is 41.3 Å². The first-order valence-electron chi connectivity index (χ1n) is 6.75. The molecular formula is C13H10F4N6OS. The fourth-order valence-corrected chi connectivity index (χ4v) is 2.55. The van der Waals surface area contributed by atoms with Gasteiger partial charge in [0.15, 0.2) is 0 Å². The molecule has 3 aromatic rings. The zero-order chi connectivity index (χ0) is 18.2. The molecule has 0 fully saturated rings. The molecule has 2 N–H and O–H groups in total. The normalized spacial score (nSPS) is 11.9. The first kappa shape index (κ1) is 17.2. The van der Waals surface area contributed by atoms with Gasteiger partial charge in [-0.2, -0.15) is 18.2 Å². The van der Waals surface area contributed by atoms with E-state index in [0.717, 1.165) is 11.8 Å². The molecule has 2 aromatic heterocycles. The summed E-state index contributed by atoms with van der Waals surface area (Å²) < 4.78 is 56.7. The Labute approximate surface area is 142 Å². The van der Waals surface area contributed by atoms with Gasteiger partial charge in [-0.15, -0.1) is 10.2 Å². The van der Waals surface area contributed by atoms with Crippen molar-refractivity contribution in [1.29, 1.82) is 0 Å². The minimum Gasteiger partial charge on any atom is -0.338 e. The molecule has 7 nitrogen and oxygen atoms in total. The van der Waals surface area contributed by atoms with E-state index >= 15 is 0 Å². The molecule has 0 atom stereocenters. The molecular weight excluding hydrogens is 364 g/mol. The van der Waals surface area contributed by atoms with Gasteiger partial charge in [0.05, 0.1) is 5.75 Å². The summed E-state index contributed by atoms with van der Waals surface area (Å²) in [5, 5.41) is 9.94. The second-order valence-corrected chi connectivity index (χ2v) is 5.88. The van der Waals surface area contributed by atoms with Gasteiger partial charge in [0.1, 0.15) is 5.82 Å². The Balaban J connectivity index is 1.72. The van der Waals surface area contributed by atoms with Crippen molar-refractivity contribution in [3.8, 4) is 11.4 Å². The van der Waals surface area contributed by atoms with Crippen LogP contribution in [-0.4, -0.2) is 25.0 Å². The standard InChI is InChI=1S/C13H10F4N6OS/c1-6-2-3-7(4-8(6)14)10-19-9(24-22-10)5-25-12-21-20-11(23(12)18)13(15,16)17/h2-4H,5,18H2,1H3. The maximum absolute atomic E-state index is 13.6. The number of thioether (sulfide) groups is 1. The van der Waals surface area contributed by atoms with Crippen LogP contribution in [0.3, 0.4) is 0 Å². The summed E-state index contributed by atoms with van der Waals surface area (Å²) in [4.78, 5) is 4.07. The third-order valence-electron chi connectivity index (χ3n) is 3.14. The molecule has 0 spiro atoms. The summed E-state index contributed by atoms with van der Waals surface area (Å²) in [5.41, 5.74) is 0.898. The van der Waals surface area contributed by atoms with E-state index in [1.807, 2.05) is 0 Å². The Bertz CT molecular complexity index is 906. The fraction of sp³-hybridized carbons (Fsp3) is 0.231. The minimum absolute atomic E-state index is 0.0224. The van der Waals surface area contributed by atoms with Crippen LogP contribution < -0.4 is 5.84 Å². The molecule has 0 aliphatic heterocycles. The van der Waals surface area contributed by atoms with Crippen LogP contribution in [-0.2, 0) is 11.9 Å². The Morgan fingerprint density at radius 1 is 1.28 bits per heavy atom. The summed E-state index contributed by atoms with van der Waals surface area (Å²) in [6.45, 7) is 1.62. The van der Waals surface area contributed by atoms with E-state index < -0.39 is 17.8 Å². The highest BCUT2D eigenvalue weighted by Gasteiger charge is 2.38. The van der Waals surface area contributed by atoms with E-state index in [4.69, 9.17) is 10.4 Å². The van der Waals surface area contributed by atoms with Crippen molar-refractivity contribution in [1.82, 2.24) is 25.0 Å². The highest BCUT2D eigenvalue weighted by atomic mass is 32.2. The highest BCUT2D eigenvalue weighted by molar-refractivity contribution is 7.98. The third-order valence-corrected chi connectivity index (χ3v) is 4.07. The number of benzene rings is 1. The van der Waals surface area contributed by atoms with Crippen LogP contribution in [0, 0.1) is 12.7 Å². The van der Waals surface area contributed by atoms with Crippen molar-refractivity contribution in [2.75, 3.05) is 5.84 Å². The second-order valence-electron chi connectivity index (χ2n) is 4.94. The third kappa shape index (κ3) is 3.57. The van der Waals surface area contributed by atoms with E-state index in [-0.39, 0.29) is 22.6 Å². The van der Waals surface area contributed by atoms with Gasteiger partial charge in [-0.25, -0.2) is 9.07 Å². The van der Waals surface area contributed by atoms with Gasteiger partial charge in [-0.1, -0.05) is 29.1 Å². The van der Waals surface area contributed by atoms with Crippen molar-refractivity contribution < 1.29 is 22.1 Å². The molecule has 0 saturated heterocycles. The molecule has 25 heavy (non-hydrogen) atoms. The lowest BCUT2D eigenvalue weighted by molar-refractivity contribution is -0.146. The predicted octanol–water partition coefficient (Wildman–Crippen LogP) is 2.80. The van der Waals surface area contributed by atoms with Gasteiger partial charge in [0, 0.05) is 5.56 Å². The number of rotatable bonds is 4. The van der Waals surface area contributed by atoms with Gasteiger partial charge in [0.2, 0.25) is 16.9 Å². The quantitative estimate of drug-likeness (QED) is 0.426. The summed E-state index contributed by atoms with van der Waals surface area (Å²) in [6, 6.07) is 4.47. The monoisotopic (exact) mass is 374 g/mol. The number of nitrogens with two attached hydrogens (primary N) is 1. The lowest BCUT2D eigenvalue weighted by atomic mass is 10.1. The molecule has 12 heteroatoms. The first-order valence-corrected chi connectivity index (χ1v) is 7.74. The molecule has 132 valence electrons. The number of aromatic nitrogens is 5. The second kappa shape index (κ2) is 6.35. The smallest absolute Gasteiger partial charge is 0.338 e. The predicted molar refractivity (Wildman–Crippen MR) is 79.2 cm³/mol. The molecule has 0 amide bonds. The van der Waals surface area contributed by atoms with E-state index in [1.165, 1.54) is 6.07 Å². The number of hydrogen-bond acceptors (Lipinski definition) is 7. The van der Waals surface area contributed by atoms with E-state index in [0.29, 0.717) is 15.8 Å². The number of nitrogens with zero attached hydrogens (tertiary/aromatic N) is 5. The zero-order valence-electron chi connectivity index (χ0n) is 12.6. The average molecular weight is 374 g/mol. The summed E-state index contributed by atoms with van der Waals surface area (Å²) in [7, 11) is 0. The van der Waals surface area contributed by atoms with Gasteiger partial charge >= 0.3 is 6.18 Å². The maximum Gasteiger partial charge on any atom is 0.453 e. The summed E-state index contributed by atoms with van der Waals surface area (Å²) >= 11 is 0.845. The van der Waals surface area contributed by atoms with Crippen LogP contribution >= 0.6 is 11.8 Å². The SMILES string of the molecule is Cc1ccc(-c2noc(CSc3nnc(C(F)(F)F)n3N)n2)cc1F. The highest BCUT2D eigenvalue weighted by Crippen LogP contribution is 2.30. The molecule has 0 aliphatic rings. The zero-order valence-corrected chi connectivity index (χ0v) is 13.4. The van der Waals surface area contributed by atoms with Crippen LogP contribution in [0.1, 0.15) is 17.3 Å². The topological polar surface area (TPSA) is 95.7 Å². The molecule has 0 unspecified atom stereocenters. The molecule has 0 radical (unpaired) electrons. The van der Waals surface area contributed by atoms with Crippen LogP contribution in [0.4, 0.5) is 17.6 Å². The lowest BCUT2D eigenvalue weighted by Crippen LogP contribution is -2.21. The number of nitrogen functional groups attached to an aromatic ring is 1. The molecule has 1 aromatic carbocycles. The van der Waals surface area contributed by atoms with Crippen LogP contribution in [0.25, 0.3) is 11.4 Å². The van der Waals surface area contributed by atoms with E-state index in [2.05, 4.69) is 20.3 Å². The molecule has 3 rings (SSSR count). The van der Waals surface area contributed by atoms with Gasteiger partial charge in [0.25, 0.3) is 5.82 Å². The Kier molecular flexibility index (Phi) is 4.37.